The summed E-state index contributed by atoms with van der Waals surface area (Å²) in [7, 11) is 9.38. The largest absolute Gasteiger partial charge is 0.378 e. The van der Waals surface area contributed by atoms with E-state index >= 15 is 0 Å². The molecule has 2 aromatic rings. The molecule has 6 nitrogen and oxygen atoms in total. The first-order valence-corrected chi connectivity index (χ1v) is 9.30. The maximum absolute atomic E-state index is 12.5. The Kier molecular flexibility index (Phi) is 7.58. The predicted molar refractivity (Wildman–Crippen MR) is 113 cm³/mol. The zero-order valence-corrected chi connectivity index (χ0v) is 17.4. The van der Waals surface area contributed by atoms with Crippen LogP contribution in [-0.4, -0.2) is 63.4 Å². The Balaban J connectivity index is 1.86. The third-order valence-electron chi connectivity index (χ3n) is 4.60. The smallest absolute Gasteiger partial charge is 0.251 e. The highest BCUT2D eigenvalue weighted by atomic mass is 16.2. The van der Waals surface area contributed by atoms with Gasteiger partial charge in [0.2, 0.25) is 5.91 Å². The maximum Gasteiger partial charge on any atom is 0.251 e. The Morgan fingerprint density at radius 3 is 1.89 bits per heavy atom. The number of amides is 2. The molecule has 0 heterocycles. The standard InChI is InChI=1S/C22H30N4O2/c1-23-22(28)19-10-6-17(7-11-19)14-25(4)16-21(27)26(5)15-18-8-12-20(13-9-18)24(2)3/h6-13H,14-16H2,1-5H3,(H,23,28). The highest BCUT2D eigenvalue weighted by Crippen LogP contribution is 2.13. The quantitative estimate of drug-likeness (QED) is 0.761. The van der Waals surface area contributed by atoms with Crippen LogP contribution in [0.15, 0.2) is 48.5 Å². The molecule has 0 radical (unpaired) electrons. The molecule has 2 aromatic carbocycles. The fourth-order valence-electron chi connectivity index (χ4n) is 2.89. The van der Waals surface area contributed by atoms with E-state index in [1.807, 2.05) is 45.2 Å². The van der Waals surface area contributed by atoms with Gasteiger partial charge in [0.05, 0.1) is 6.54 Å². The van der Waals surface area contributed by atoms with E-state index in [9.17, 15) is 9.59 Å². The van der Waals surface area contributed by atoms with Gasteiger partial charge in [0, 0.05) is 52.5 Å². The number of likely N-dealkylation sites (N-methyl/N-ethyl adjacent to an activating group) is 2. The maximum atomic E-state index is 12.5. The van der Waals surface area contributed by atoms with Gasteiger partial charge in [0.25, 0.3) is 5.91 Å². The summed E-state index contributed by atoms with van der Waals surface area (Å²) >= 11 is 0. The van der Waals surface area contributed by atoms with Gasteiger partial charge in [0.15, 0.2) is 0 Å². The van der Waals surface area contributed by atoms with Gasteiger partial charge < -0.3 is 15.1 Å². The Labute approximate surface area is 167 Å². The second kappa shape index (κ2) is 9.90. The highest BCUT2D eigenvalue weighted by molar-refractivity contribution is 5.93. The molecule has 28 heavy (non-hydrogen) atoms. The molecular formula is C22H30N4O2. The second-order valence-corrected chi connectivity index (χ2v) is 7.26. The molecule has 0 fully saturated rings. The number of rotatable bonds is 8. The van der Waals surface area contributed by atoms with Crippen LogP contribution in [0.5, 0.6) is 0 Å². The second-order valence-electron chi connectivity index (χ2n) is 7.26. The van der Waals surface area contributed by atoms with Crippen LogP contribution in [0.4, 0.5) is 5.69 Å². The molecule has 1 N–H and O–H groups in total. The lowest BCUT2D eigenvalue weighted by Crippen LogP contribution is -2.36. The normalized spacial score (nSPS) is 10.6. The van der Waals surface area contributed by atoms with Crippen molar-refractivity contribution in [2.45, 2.75) is 13.1 Å². The Morgan fingerprint density at radius 1 is 0.821 bits per heavy atom. The summed E-state index contributed by atoms with van der Waals surface area (Å²) in [6.45, 7) is 1.57. The van der Waals surface area contributed by atoms with Gasteiger partial charge in [-0.1, -0.05) is 24.3 Å². The van der Waals surface area contributed by atoms with Crippen LogP contribution in [0.2, 0.25) is 0 Å². The van der Waals surface area contributed by atoms with Crippen LogP contribution in [0, 0.1) is 0 Å². The van der Waals surface area contributed by atoms with Crippen molar-refractivity contribution in [2.75, 3.05) is 46.7 Å². The molecule has 2 amide bonds. The van der Waals surface area contributed by atoms with Gasteiger partial charge in [-0.2, -0.15) is 0 Å². The summed E-state index contributed by atoms with van der Waals surface area (Å²) in [5.74, 6) is -0.0310. The molecule has 0 spiro atoms. The Hall–Kier alpha value is -2.86. The Bertz CT molecular complexity index is 785. The molecule has 0 atom stereocenters. The van der Waals surface area contributed by atoms with Crippen molar-refractivity contribution in [2.24, 2.45) is 0 Å². The van der Waals surface area contributed by atoms with E-state index in [0.29, 0.717) is 25.2 Å². The number of benzene rings is 2. The summed E-state index contributed by atoms with van der Waals surface area (Å²) in [4.78, 5) is 29.9. The average molecular weight is 383 g/mol. The van der Waals surface area contributed by atoms with E-state index in [0.717, 1.165) is 16.8 Å². The van der Waals surface area contributed by atoms with Crippen molar-refractivity contribution in [1.29, 1.82) is 0 Å². The first-order valence-electron chi connectivity index (χ1n) is 9.30. The molecule has 0 aromatic heterocycles. The van der Waals surface area contributed by atoms with Gasteiger partial charge in [-0.15, -0.1) is 0 Å². The highest BCUT2D eigenvalue weighted by Gasteiger charge is 2.13. The topological polar surface area (TPSA) is 55.9 Å². The fraction of sp³-hybridized carbons (Fsp3) is 0.364. The molecule has 0 saturated carbocycles. The monoisotopic (exact) mass is 382 g/mol. The van der Waals surface area contributed by atoms with E-state index in [1.165, 1.54) is 0 Å². The minimum atomic E-state index is -0.102. The Morgan fingerprint density at radius 2 is 1.36 bits per heavy atom. The van der Waals surface area contributed by atoms with E-state index in [2.05, 4.69) is 34.5 Å². The molecule has 6 heteroatoms. The van der Waals surface area contributed by atoms with Crippen molar-refractivity contribution in [3.63, 3.8) is 0 Å². The molecule has 150 valence electrons. The molecule has 0 unspecified atom stereocenters. The molecule has 0 saturated heterocycles. The lowest BCUT2D eigenvalue weighted by atomic mass is 10.1. The fourth-order valence-corrected chi connectivity index (χ4v) is 2.89. The van der Waals surface area contributed by atoms with Crippen LogP contribution in [0.1, 0.15) is 21.5 Å². The summed E-state index contributed by atoms with van der Waals surface area (Å²) in [6.07, 6.45) is 0. The lowest BCUT2D eigenvalue weighted by molar-refractivity contribution is -0.131. The van der Waals surface area contributed by atoms with Crippen molar-refractivity contribution in [3.8, 4) is 0 Å². The van der Waals surface area contributed by atoms with Gasteiger partial charge in [-0.25, -0.2) is 0 Å². The summed E-state index contributed by atoms with van der Waals surface area (Å²) in [5.41, 5.74) is 3.93. The zero-order valence-electron chi connectivity index (χ0n) is 17.4. The van der Waals surface area contributed by atoms with E-state index < -0.39 is 0 Å². The first-order chi connectivity index (χ1) is 13.3. The van der Waals surface area contributed by atoms with Crippen molar-refractivity contribution in [3.05, 3.63) is 65.2 Å². The number of nitrogens with one attached hydrogen (secondary N) is 1. The average Bonchev–Trinajstić information content (AvgIpc) is 2.68. The van der Waals surface area contributed by atoms with E-state index in [4.69, 9.17) is 0 Å². The van der Waals surface area contributed by atoms with Crippen molar-refractivity contribution in [1.82, 2.24) is 15.1 Å². The lowest BCUT2D eigenvalue weighted by Gasteiger charge is -2.22. The van der Waals surface area contributed by atoms with Gasteiger partial charge >= 0.3 is 0 Å². The molecule has 0 aliphatic rings. The minimum absolute atomic E-state index is 0.0705. The van der Waals surface area contributed by atoms with E-state index in [-0.39, 0.29) is 11.8 Å². The number of hydrogen-bond acceptors (Lipinski definition) is 4. The minimum Gasteiger partial charge on any atom is -0.378 e. The van der Waals surface area contributed by atoms with Crippen molar-refractivity contribution < 1.29 is 9.59 Å². The molecule has 0 aliphatic carbocycles. The number of carbonyl (C=O) groups is 2. The summed E-state index contributed by atoms with van der Waals surface area (Å²) < 4.78 is 0. The van der Waals surface area contributed by atoms with Gasteiger partial charge in [-0.05, 0) is 42.4 Å². The predicted octanol–water partition coefficient (Wildman–Crippen LogP) is 2.20. The van der Waals surface area contributed by atoms with E-state index in [1.54, 1.807) is 24.1 Å². The van der Waals surface area contributed by atoms with Crippen molar-refractivity contribution >= 4 is 17.5 Å². The summed E-state index contributed by atoms with van der Waals surface area (Å²) in [5, 5.41) is 2.61. The van der Waals surface area contributed by atoms with Crippen LogP contribution in [0.25, 0.3) is 0 Å². The number of hydrogen-bond donors (Lipinski definition) is 1. The molecule has 0 bridgehead atoms. The summed E-state index contributed by atoms with van der Waals surface area (Å²) in [6, 6.07) is 15.7. The van der Waals surface area contributed by atoms with Crippen LogP contribution < -0.4 is 10.2 Å². The third-order valence-corrected chi connectivity index (χ3v) is 4.60. The van der Waals surface area contributed by atoms with Crippen LogP contribution in [-0.2, 0) is 17.9 Å². The number of carbonyl (C=O) groups excluding carboxylic acids is 2. The first kappa shape index (κ1) is 21.4. The van der Waals surface area contributed by atoms with Gasteiger partial charge in [-0.3, -0.25) is 14.5 Å². The SMILES string of the molecule is CNC(=O)c1ccc(CN(C)CC(=O)N(C)Cc2ccc(N(C)C)cc2)cc1. The number of anilines is 1. The van der Waals surface area contributed by atoms with Gasteiger partial charge in [0.1, 0.15) is 0 Å². The van der Waals surface area contributed by atoms with Crippen LogP contribution in [0.3, 0.4) is 0 Å². The third kappa shape index (κ3) is 6.09. The molecule has 0 aliphatic heterocycles. The molecular weight excluding hydrogens is 352 g/mol. The van der Waals surface area contributed by atoms with Crippen LogP contribution >= 0.6 is 0 Å². The molecule has 2 rings (SSSR count). The zero-order chi connectivity index (χ0) is 20.7. The number of nitrogens with zero attached hydrogens (tertiary/aromatic N) is 3.